The first kappa shape index (κ1) is 17.4. The van der Waals surface area contributed by atoms with Crippen molar-refractivity contribution in [2.75, 3.05) is 19.7 Å². The summed E-state index contributed by atoms with van der Waals surface area (Å²) in [5.41, 5.74) is 4.30. The van der Waals surface area contributed by atoms with Crippen molar-refractivity contribution in [2.45, 2.75) is 45.6 Å². The third kappa shape index (κ3) is 7.63. The van der Waals surface area contributed by atoms with Gasteiger partial charge in [-0.2, -0.15) is 0 Å². The third-order valence-electron chi connectivity index (χ3n) is 3.23. The van der Waals surface area contributed by atoms with Gasteiger partial charge in [-0.15, -0.1) is 0 Å². The smallest absolute Gasteiger partial charge is 0.220 e. The van der Waals surface area contributed by atoms with Crippen LogP contribution in [-0.2, 0) is 4.79 Å². The van der Waals surface area contributed by atoms with Crippen LogP contribution in [0.1, 0.15) is 40.0 Å². The molecule has 0 rings (SSSR count). The summed E-state index contributed by atoms with van der Waals surface area (Å²) in [6.45, 7) is 6.10. The minimum Gasteiger partial charge on any atom is -0.393 e. The highest BCUT2D eigenvalue weighted by molar-refractivity contribution is 5.75. The monoisotopic (exact) mass is 260 g/mol. The van der Waals surface area contributed by atoms with Crippen LogP contribution in [0, 0.1) is 11.8 Å². The molecule has 2 atom stereocenters. The molecule has 2 unspecified atom stereocenters. The van der Waals surface area contributed by atoms with Crippen LogP contribution < -0.4 is 11.1 Å². The Morgan fingerprint density at radius 1 is 1.39 bits per heavy atom. The van der Waals surface area contributed by atoms with Crippen LogP contribution in [0.3, 0.4) is 0 Å². The van der Waals surface area contributed by atoms with E-state index in [2.05, 4.69) is 19.2 Å². The fourth-order valence-corrected chi connectivity index (χ4v) is 1.77. The molecule has 0 aromatic heterocycles. The highest BCUT2D eigenvalue weighted by Gasteiger charge is 2.20. The van der Waals surface area contributed by atoms with E-state index in [1.54, 1.807) is 0 Å². The number of hydrogen-bond acceptors (Lipinski definition) is 4. The van der Waals surface area contributed by atoms with E-state index in [0.717, 1.165) is 12.8 Å². The molecule has 0 fully saturated rings. The first-order chi connectivity index (χ1) is 8.32. The topological polar surface area (TPSA) is 95.6 Å². The molecule has 5 heteroatoms. The van der Waals surface area contributed by atoms with Crippen LogP contribution in [0.2, 0.25) is 0 Å². The van der Waals surface area contributed by atoms with Crippen molar-refractivity contribution in [1.82, 2.24) is 5.32 Å². The highest BCUT2D eigenvalue weighted by Crippen LogP contribution is 2.20. The van der Waals surface area contributed by atoms with Crippen molar-refractivity contribution in [1.29, 1.82) is 0 Å². The molecule has 0 bridgehead atoms. The predicted octanol–water partition coefficient (Wildman–Crippen LogP) is 0.247. The predicted molar refractivity (Wildman–Crippen MR) is 72.0 cm³/mol. The van der Waals surface area contributed by atoms with Gasteiger partial charge in [0.25, 0.3) is 0 Å². The summed E-state index contributed by atoms with van der Waals surface area (Å²) in [5, 5.41) is 21.0. The molecular weight excluding hydrogens is 232 g/mol. The summed E-state index contributed by atoms with van der Waals surface area (Å²) in [6, 6.07) is 0. The summed E-state index contributed by atoms with van der Waals surface area (Å²) < 4.78 is 0. The second-order valence-corrected chi connectivity index (χ2v) is 5.55. The fraction of sp³-hybridized carbons (Fsp3) is 0.923. The third-order valence-corrected chi connectivity index (χ3v) is 3.23. The number of carbonyl (C=O) groups excluding carboxylic acids is 1. The van der Waals surface area contributed by atoms with Crippen molar-refractivity contribution in [3.05, 3.63) is 0 Å². The first-order valence-electron chi connectivity index (χ1n) is 6.62. The maximum Gasteiger partial charge on any atom is 0.220 e. The number of carbonyl (C=O) groups is 1. The van der Waals surface area contributed by atoms with Crippen LogP contribution in [0.25, 0.3) is 0 Å². The Hall–Kier alpha value is -0.650. The molecule has 0 aliphatic rings. The van der Waals surface area contributed by atoms with Gasteiger partial charge in [0.2, 0.25) is 5.91 Å². The van der Waals surface area contributed by atoms with Crippen molar-refractivity contribution in [2.24, 2.45) is 17.6 Å². The number of aliphatic hydroxyl groups excluding tert-OH is 1. The molecule has 0 aromatic rings. The van der Waals surface area contributed by atoms with Crippen LogP contribution in [-0.4, -0.2) is 41.4 Å². The Bertz CT molecular complexity index is 242. The SMILES string of the molecule is CC(C)C(CCN)CCC(=O)NCC(C)(O)CO. The number of nitrogens with one attached hydrogen (secondary N) is 1. The van der Waals surface area contributed by atoms with Gasteiger partial charge in [-0.3, -0.25) is 4.79 Å². The lowest BCUT2D eigenvalue weighted by Crippen LogP contribution is -2.43. The lowest BCUT2D eigenvalue weighted by molar-refractivity contribution is -0.123. The van der Waals surface area contributed by atoms with Gasteiger partial charge in [-0.1, -0.05) is 13.8 Å². The van der Waals surface area contributed by atoms with Crippen molar-refractivity contribution < 1.29 is 15.0 Å². The largest absolute Gasteiger partial charge is 0.393 e. The molecule has 5 N–H and O–H groups in total. The van der Waals surface area contributed by atoms with E-state index in [-0.39, 0.29) is 19.1 Å². The Labute approximate surface area is 110 Å². The molecule has 1 amide bonds. The summed E-state index contributed by atoms with van der Waals surface area (Å²) in [6.07, 6.45) is 2.17. The minimum atomic E-state index is -1.25. The molecule has 0 spiro atoms. The van der Waals surface area contributed by atoms with E-state index in [4.69, 9.17) is 10.8 Å². The number of nitrogens with two attached hydrogens (primary N) is 1. The number of rotatable bonds is 9. The molecular formula is C13H28N2O3. The van der Waals surface area contributed by atoms with Gasteiger partial charge in [0.05, 0.1) is 6.61 Å². The van der Waals surface area contributed by atoms with Gasteiger partial charge in [0.15, 0.2) is 0 Å². The summed E-state index contributed by atoms with van der Waals surface area (Å²) >= 11 is 0. The second-order valence-electron chi connectivity index (χ2n) is 5.55. The van der Waals surface area contributed by atoms with E-state index < -0.39 is 5.60 Å². The molecule has 0 radical (unpaired) electrons. The van der Waals surface area contributed by atoms with Gasteiger partial charge in [-0.05, 0) is 38.1 Å². The van der Waals surface area contributed by atoms with Crippen LogP contribution in [0.5, 0.6) is 0 Å². The van der Waals surface area contributed by atoms with Crippen LogP contribution in [0.15, 0.2) is 0 Å². The second kappa shape index (κ2) is 8.45. The molecule has 0 aliphatic heterocycles. The maximum atomic E-state index is 11.6. The van der Waals surface area contributed by atoms with Gasteiger partial charge in [-0.25, -0.2) is 0 Å². The van der Waals surface area contributed by atoms with E-state index in [1.165, 1.54) is 6.92 Å². The zero-order valence-electron chi connectivity index (χ0n) is 11.8. The molecule has 0 aromatic carbocycles. The summed E-state index contributed by atoms with van der Waals surface area (Å²) in [5.74, 6) is 0.882. The number of hydrogen-bond donors (Lipinski definition) is 4. The van der Waals surface area contributed by atoms with E-state index in [1.807, 2.05) is 0 Å². The summed E-state index contributed by atoms with van der Waals surface area (Å²) in [4.78, 5) is 11.6. The normalized spacial score (nSPS) is 16.4. The van der Waals surface area contributed by atoms with Crippen molar-refractivity contribution in [3.8, 4) is 0 Å². The van der Waals surface area contributed by atoms with Crippen LogP contribution in [0.4, 0.5) is 0 Å². The van der Waals surface area contributed by atoms with Gasteiger partial charge >= 0.3 is 0 Å². The van der Waals surface area contributed by atoms with Crippen molar-refractivity contribution >= 4 is 5.91 Å². The zero-order chi connectivity index (χ0) is 14.2. The maximum absolute atomic E-state index is 11.6. The van der Waals surface area contributed by atoms with Gasteiger partial charge in [0.1, 0.15) is 5.60 Å². The number of aliphatic hydroxyl groups is 2. The number of amides is 1. The fourth-order valence-electron chi connectivity index (χ4n) is 1.77. The Balaban J connectivity index is 3.94. The molecule has 108 valence electrons. The highest BCUT2D eigenvalue weighted by atomic mass is 16.3. The van der Waals surface area contributed by atoms with Crippen LogP contribution >= 0.6 is 0 Å². The van der Waals surface area contributed by atoms with Gasteiger partial charge in [0, 0.05) is 13.0 Å². The Morgan fingerprint density at radius 3 is 2.44 bits per heavy atom. The Morgan fingerprint density at radius 2 is 2.00 bits per heavy atom. The van der Waals surface area contributed by atoms with E-state index in [0.29, 0.717) is 24.8 Å². The molecule has 0 heterocycles. The minimum absolute atomic E-state index is 0.0750. The quantitative estimate of drug-likeness (QED) is 0.478. The average Bonchev–Trinajstić information content (AvgIpc) is 2.31. The van der Waals surface area contributed by atoms with Gasteiger partial charge < -0.3 is 21.3 Å². The Kier molecular flexibility index (Phi) is 8.15. The molecule has 0 aliphatic carbocycles. The van der Waals surface area contributed by atoms with Crippen molar-refractivity contribution in [3.63, 3.8) is 0 Å². The standard InChI is InChI=1S/C13H28N2O3/c1-10(2)11(6-7-14)4-5-12(17)15-8-13(3,18)9-16/h10-11,16,18H,4-9,14H2,1-3H3,(H,15,17). The zero-order valence-corrected chi connectivity index (χ0v) is 11.8. The first-order valence-corrected chi connectivity index (χ1v) is 6.62. The lowest BCUT2D eigenvalue weighted by Gasteiger charge is -2.22. The average molecular weight is 260 g/mol. The molecule has 0 saturated heterocycles. The summed E-state index contributed by atoms with van der Waals surface area (Å²) in [7, 11) is 0. The molecule has 18 heavy (non-hydrogen) atoms. The molecule has 0 saturated carbocycles. The lowest BCUT2D eigenvalue weighted by atomic mass is 9.88. The van der Waals surface area contributed by atoms with E-state index >= 15 is 0 Å². The van der Waals surface area contributed by atoms with E-state index in [9.17, 15) is 9.90 Å². The molecule has 5 nitrogen and oxygen atoms in total.